The van der Waals surface area contributed by atoms with Crippen LogP contribution >= 0.6 is 0 Å². The number of rotatable bonds is 5. The largest absolute Gasteiger partial charge is 0.508 e. The van der Waals surface area contributed by atoms with Crippen LogP contribution in [0.3, 0.4) is 0 Å². The summed E-state index contributed by atoms with van der Waals surface area (Å²) < 4.78 is 30.4. The van der Waals surface area contributed by atoms with E-state index in [1.165, 1.54) is 17.0 Å². The van der Waals surface area contributed by atoms with Crippen molar-refractivity contribution in [2.75, 3.05) is 25.4 Å². The molecule has 1 amide bonds. The zero-order valence-corrected chi connectivity index (χ0v) is 17.1. The van der Waals surface area contributed by atoms with Gasteiger partial charge in [0.05, 0.1) is 24.7 Å². The second-order valence-corrected chi connectivity index (χ2v) is 10.3. The fraction of sp³-hybridized carbons (Fsp3) is 0.429. The highest BCUT2D eigenvalue weighted by Crippen LogP contribution is 2.45. The van der Waals surface area contributed by atoms with Gasteiger partial charge in [0, 0.05) is 30.3 Å². The van der Waals surface area contributed by atoms with Crippen molar-refractivity contribution in [2.45, 2.75) is 24.7 Å². The molecule has 2 fully saturated rings. The molecule has 0 unspecified atom stereocenters. The molecule has 0 radical (unpaired) electrons. The summed E-state index contributed by atoms with van der Waals surface area (Å²) >= 11 is 0. The number of likely N-dealkylation sites (tertiary alicyclic amines) is 1. The lowest BCUT2D eigenvalue weighted by Crippen LogP contribution is -2.68. The van der Waals surface area contributed by atoms with Crippen molar-refractivity contribution in [1.82, 2.24) is 9.88 Å². The molecular weight excluding hydrogens is 392 g/mol. The van der Waals surface area contributed by atoms with Crippen LogP contribution in [-0.4, -0.2) is 59.5 Å². The molecule has 1 N–H and O–H groups in total. The number of carbonyl (C=O) groups is 1. The predicted octanol–water partition coefficient (Wildman–Crippen LogP) is 1.94. The number of ether oxygens (including phenoxy) is 1. The molecule has 2 aliphatic heterocycles. The average Bonchev–Trinajstić information content (AvgIpc) is 2.90. The Morgan fingerprint density at radius 1 is 1.28 bits per heavy atom. The van der Waals surface area contributed by atoms with Crippen LogP contribution in [0.4, 0.5) is 0 Å². The van der Waals surface area contributed by atoms with Gasteiger partial charge in [0.1, 0.15) is 10.5 Å². The van der Waals surface area contributed by atoms with E-state index in [2.05, 4.69) is 4.98 Å². The molecule has 8 heteroatoms. The molecule has 1 spiro atoms. The van der Waals surface area contributed by atoms with Gasteiger partial charge in [-0.1, -0.05) is 12.1 Å². The van der Waals surface area contributed by atoms with E-state index in [4.69, 9.17) is 4.74 Å². The van der Waals surface area contributed by atoms with Crippen molar-refractivity contribution >= 4 is 15.7 Å². The Bertz CT molecular complexity index is 1030. The highest BCUT2D eigenvalue weighted by Gasteiger charge is 2.62. The first-order chi connectivity index (χ1) is 13.8. The van der Waals surface area contributed by atoms with Crippen LogP contribution in [0.25, 0.3) is 0 Å². The highest BCUT2D eigenvalue weighted by molar-refractivity contribution is 7.93. The number of pyridine rings is 1. The molecule has 4 rings (SSSR count). The van der Waals surface area contributed by atoms with Gasteiger partial charge in [0.25, 0.3) is 5.91 Å². The number of carbonyl (C=O) groups excluding carboxylic acids is 1. The lowest BCUT2D eigenvalue weighted by molar-refractivity contribution is 0.0204. The van der Waals surface area contributed by atoms with E-state index in [1.807, 2.05) is 25.1 Å². The summed E-state index contributed by atoms with van der Waals surface area (Å²) in [6.07, 6.45) is 0.539. The van der Waals surface area contributed by atoms with E-state index in [9.17, 15) is 18.3 Å². The fourth-order valence-electron chi connectivity index (χ4n) is 4.26. The smallest absolute Gasteiger partial charge is 0.254 e. The Balaban J connectivity index is 1.42. The van der Waals surface area contributed by atoms with E-state index in [0.29, 0.717) is 25.2 Å². The van der Waals surface area contributed by atoms with Gasteiger partial charge in [-0.2, -0.15) is 0 Å². The minimum absolute atomic E-state index is 0.00982. The highest BCUT2D eigenvalue weighted by atomic mass is 32.2. The van der Waals surface area contributed by atoms with Crippen molar-refractivity contribution in [1.29, 1.82) is 0 Å². The third-order valence-electron chi connectivity index (χ3n) is 5.91. The molecular formula is C21H24N2O5S. The van der Waals surface area contributed by atoms with Crippen LogP contribution in [0.2, 0.25) is 0 Å². The van der Waals surface area contributed by atoms with Crippen molar-refractivity contribution in [3.05, 3.63) is 59.4 Å². The lowest BCUT2D eigenvalue weighted by Gasteiger charge is -2.49. The third kappa shape index (κ3) is 3.62. The number of amides is 1. The summed E-state index contributed by atoms with van der Waals surface area (Å²) in [6.45, 7) is 2.90. The number of phenolic OH excluding ortho intramolecular Hbond substituents is 1. The van der Waals surface area contributed by atoms with Crippen LogP contribution in [0, 0.1) is 12.8 Å². The van der Waals surface area contributed by atoms with Gasteiger partial charge >= 0.3 is 0 Å². The van der Waals surface area contributed by atoms with E-state index in [-0.39, 0.29) is 36.4 Å². The van der Waals surface area contributed by atoms with Gasteiger partial charge in [-0.3, -0.25) is 9.78 Å². The second-order valence-electron chi connectivity index (χ2n) is 7.87. The Hall–Kier alpha value is -2.45. The van der Waals surface area contributed by atoms with Crippen molar-refractivity contribution in [3.63, 3.8) is 0 Å². The van der Waals surface area contributed by atoms with Crippen LogP contribution < -0.4 is 0 Å². The second kappa shape index (κ2) is 7.42. The molecule has 3 heterocycles. The number of sulfone groups is 1. The van der Waals surface area contributed by atoms with Crippen molar-refractivity contribution in [2.24, 2.45) is 5.92 Å². The molecule has 1 atom stereocenters. The molecule has 2 saturated heterocycles. The average molecular weight is 416 g/mol. The van der Waals surface area contributed by atoms with Gasteiger partial charge in [-0.05, 0) is 43.7 Å². The minimum atomic E-state index is -3.30. The number of aryl methyl sites for hydroxylation is 1. The van der Waals surface area contributed by atoms with Crippen molar-refractivity contribution in [3.8, 4) is 5.75 Å². The topological polar surface area (TPSA) is 96.8 Å². The third-order valence-corrected chi connectivity index (χ3v) is 8.51. The van der Waals surface area contributed by atoms with E-state index in [1.54, 1.807) is 12.1 Å². The molecule has 0 aliphatic carbocycles. The minimum Gasteiger partial charge on any atom is -0.508 e. The van der Waals surface area contributed by atoms with Gasteiger partial charge < -0.3 is 14.7 Å². The number of benzene rings is 1. The van der Waals surface area contributed by atoms with Gasteiger partial charge in [0.2, 0.25) is 0 Å². The summed E-state index contributed by atoms with van der Waals surface area (Å²) in [6, 6.07) is 11.8. The summed E-state index contributed by atoms with van der Waals surface area (Å²) in [5, 5.41) is 9.58. The normalized spacial score (nSPS) is 21.8. The molecule has 1 aromatic heterocycles. The molecule has 154 valence electrons. The zero-order valence-electron chi connectivity index (χ0n) is 16.2. The van der Waals surface area contributed by atoms with E-state index >= 15 is 0 Å². The van der Waals surface area contributed by atoms with E-state index in [0.717, 1.165) is 11.4 Å². The zero-order chi connectivity index (χ0) is 20.6. The predicted molar refractivity (Wildman–Crippen MR) is 107 cm³/mol. The van der Waals surface area contributed by atoms with Gasteiger partial charge in [-0.25, -0.2) is 8.42 Å². The SMILES string of the molecule is Cc1cccc(COC[C@H]2CCS(=O)(=O)C23CN(C(=O)c2cccc(O)c2)C3)n1. The summed E-state index contributed by atoms with van der Waals surface area (Å²) in [4.78, 5) is 18.6. The number of phenols is 1. The fourth-order valence-corrected chi connectivity index (χ4v) is 6.66. The number of hydrogen-bond donors (Lipinski definition) is 1. The van der Waals surface area contributed by atoms with Crippen LogP contribution in [0.5, 0.6) is 5.75 Å². The summed E-state index contributed by atoms with van der Waals surface area (Å²) in [5.41, 5.74) is 2.08. The van der Waals surface area contributed by atoms with Crippen molar-refractivity contribution < 1.29 is 23.1 Å². The van der Waals surface area contributed by atoms with Gasteiger partial charge in [0.15, 0.2) is 9.84 Å². The first-order valence-electron chi connectivity index (χ1n) is 9.62. The molecule has 2 aromatic rings. The Morgan fingerprint density at radius 2 is 2.03 bits per heavy atom. The van der Waals surface area contributed by atoms with Crippen LogP contribution in [-0.2, 0) is 21.2 Å². The molecule has 29 heavy (non-hydrogen) atoms. The standard InChI is InChI=1S/C21H24N2O5S/c1-15-4-2-6-18(22-15)12-28-11-17-8-9-29(26,27)21(17)13-23(14-21)20(25)16-5-3-7-19(24)10-16/h2-7,10,17,24H,8-9,11-14H2,1H3/t17-/m1/s1. The number of nitrogens with zero attached hydrogens (tertiary/aromatic N) is 2. The number of aromatic hydroxyl groups is 1. The monoisotopic (exact) mass is 416 g/mol. The summed E-state index contributed by atoms with van der Waals surface area (Å²) in [5.74, 6) is -0.281. The molecule has 7 nitrogen and oxygen atoms in total. The maximum atomic E-state index is 12.8. The van der Waals surface area contributed by atoms with Gasteiger partial charge in [-0.15, -0.1) is 0 Å². The quantitative estimate of drug-likeness (QED) is 0.800. The number of aromatic nitrogens is 1. The van der Waals surface area contributed by atoms with Crippen LogP contribution in [0.1, 0.15) is 28.2 Å². The maximum Gasteiger partial charge on any atom is 0.254 e. The number of hydrogen-bond acceptors (Lipinski definition) is 6. The molecule has 2 aliphatic rings. The Kier molecular flexibility index (Phi) is 5.08. The van der Waals surface area contributed by atoms with Crippen LogP contribution in [0.15, 0.2) is 42.5 Å². The first-order valence-corrected chi connectivity index (χ1v) is 11.3. The Labute approximate surface area is 170 Å². The van der Waals surface area contributed by atoms with E-state index < -0.39 is 14.6 Å². The molecule has 1 aromatic carbocycles. The Morgan fingerprint density at radius 3 is 2.76 bits per heavy atom. The first kappa shape index (κ1) is 19.8. The summed E-state index contributed by atoms with van der Waals surface area (Å²) in [7, 11) is -3.30. The lowest BCUT2D eigenvalue weighted by atomic mass is 9.83. The molecule has 0 bridgehead atoms. The molecule has 0 saturated carbocycles. The maximum absolute atomic E-state index is 12.8.